The smallest absolute Gasteiger partial charge is 0.311 e. The number of methoxy groups -OCH3 is 2. The lowest BCUT2D eigenvalue weighted by Gasteiger charge is -2.33. The maximum absolute atomic E-state index is 12.7. The lowest BCUT2D eigenvalue weighted by Crippen LogP contribution is -2.37. The molecule has 0 radical (unpaired) electrons. The van der Waals surface area contributed by atoms with Gasteiger partial charge in [0.25, 0.3) is 0 Å². The number of anilines is 5. The Bertz CT molecular complexity index is 3020. The molecule has 1 aliphatic carbocycles. The van der Waals surface area contributed by atoms with Gasteiger partial charge in [-0.1, -0.05) is 61.0 Å². The molecule has 0 aromatic carbocycles. The van der Waals surface area contributed by atoms with Crippen LogP contribution in [0.2, 0.25) is 0 Å². The van der Waals surface area contributed by atoms with Crippen LogP contribution in [0.1, 0.15) is 95.3 Å². The Hall–Kier alpha value is -6.89. The number of amides is 2. The van der Waals surface area contributed by atoms with Gasteiger partial charge in [0.1, 0.15) is 10.0 Å². The summed E-state index contributed by atoms with van der Waals surface area (Å²) >= 11 is 9.48. The zero-order valence-corrected chi connectivity index (χ0v) is 49.0. The highest BCUT2D eigenvalue weighted by Gasteiger charge is 2.30. The van der Waals surface area contributed by atoms with Gasteiger partial charge in [-0.3, -0.25) is 44.1 Å². The predicted octanol–water partition coefficient (Wildman–Crippen LogP) is 9.12. The third-order valence-electron chi connectivity index (χ3n) is 13.2. The molecule has 2 atom stereocenters. The van der Waals surface area contributed by atoms with E-state index in [0.29, 0.717) is 16.0 Å². The Balaban J connectivity index is 0.000000188. The first-order chi connectivity index (χ1) is 38.4. The van der Waals surface area contributed by atoms with Gasteiger partial charge in [0.05, 0.1) is 62.7 Å². The Morgan fingerprint density at radius 3 is 1.25 bits per heavy atom. The Labute approximate surface area is 483 Å². The SMILES string of the molecule is COC(=O)Cc1cc(Br)ccn1.COC(=O)Cc1cc(N2CCC2)ccn1.Cc1cc(Br)ccn1.O=C(Cc1cc(N2CCC2)ccn1)Nc1nnc([C@H]2CCC[C@H](c3nnc(NC(=O)Cc4cc(N5CCC5)ccn4)s3)C2)s1. The molecular formula is C55H62Br2N14O6S2. The van der Waals surface area contributed by atoms with Gasteiger partial charge in [-0.05, 0) is 106 Å². The molecule has 79 heavy (non-hydrogen) atoms. The maximum atomic E-state index is 12.7. The van der Waals surface area contributed by atoms with Gasteiger partial charge in [0, 0.05) is 114 Å². The summed E-state index contributed by atoms with van der Waals surface area (Å²) in [5, 5.41) is 26.1. The molecule has 2 amide bonds. The molecule has 11 rings (SSSR count). The zero-order chi connectivity index (χ0) is 55.5. The number of nitrogens with zero attached hydrogens (tertiary/aromatic N) is 12. The molecule has 4 aliphatic rings. The number of hydrogen-bond donors (Lipinski definition) is 2. The van der Waals surface area contributed by atoms with Gasteiger partial charge >= 0.3 is 11.9 Å². The predicted molar refractivity (Wildman–Crippen MR) is 312 cm³/mol. The van der Waals surface area contributed by atoms with Crippen molar-refractivity contribution in [2.45, 2.75) is 89.4 Å². The van der Waals surface area contributed by atoms with Gasteiger partial charge in [-0.25, -0.2) is 0 Å². The molecular weight excluding hydrogens is 1180 g/mol. The minimum atomic E-state index is -0.277. The van der Waals surface area contributed by atoms with Gasteiger partial charge in [-0.15, -0.1) is 20.4 Å². The number of carbonyl (C=O) groups is 4. The number of aryl methyl sites for hydroxylation is 1. The number of pyridine rings is 5. The van der Waals surface area contributed by atoms with E-state index in [-0.39, 0.29) is 61.3 Å². The molecule has 24 heteroatoms. The van der Waals surface area contributed by atoms with E-state index in [4.69, 9.17) is 0 Å². The van der Waals surface area contributed by atoms with Crippen LogP contribution in [0.25, 0.3) is 0 Å². The molecule has 10 heterocycles. The monoisotopic (exact) mass is 1240 g/mol. The number of aromatic nitrogens is 9. The number of halogens is 2. The van der Waals surface area contributed by atoms with Crippen molar-refractivity contribution in [2.24, 2.45) is 0 Å². The fourth-order valence-corrected chi connectivity index (χ4v) is 11.3. The summed E-state index contributed by atoms with van der Waals surface area (Å²) in [4.78, 5) is 75.1. The van der Waals surface area contributed by atoms with E-state index < -0.39 is 0 Å². The average Bonchev–Trinajstić information content (AvgIpc) is 4.07. The molecule has 0 unspecified atom stereocenters. The summed E-state index contributed by atoms with van der Waals surface area (Å²) in [5.74, 6) is -0.350. The largest absolute Gasteiger partial charge is 0.469 e. The first-order valence-electron chi connectivity index (χ1n) is 26.0. The van der Waals surface area contributed by atoms with E-state index >= 15 is 0 Å². The quantitative estimate of drug-likeness (QED) is 0.0910. The van der Waals surface area contributed by atoms with E-state index in [0.717, 1.165) is 124 Å². The van der Waals surface area contributed by atoms with Crippen molar-refractivity contribution in [3.8, 4) is 0 Å². The highest BCUT2D eigenvalue weighted by molar-refractivity contribution is 9.10. The van der Waals surface area contributed by atoms with Crippen LogP contribution < -0.4 is 25.3 Å². The van der Waals surface area contributed by atoms with E-state index in [1.807, 2.05) is 55.5 Å². The summed E-state index contributed by atoms with van der Waals surface area (Å²) < 4.78 is 11.1. The highest BCUT2D eigenvalue weighted by atomic mass is 79.9. The molecule has 7 aromatic heterocycles. The first kappa shape index (κ1) is 58.3. The standard InChI is InChI=1S/C30H34N10O2S2.C11H14N2O2.C8H8BrNO2.C6H6BrN/c41-25(17-21-15-23(6-8-31-21)39-10-2-11-39)33-29-37-35-27(43-29)19-4-1-5-20(14-19)28-36-38-30(44-28)34-26(42)18-22-16-24(7-9-32-22)40-12-3-13-40;1-15-11(14)8-9-7-10(3-4-12-9)13-5-2-6-13;1-12-8(11)5-7-4-6(9)2-3-10-7;1-5-4-6(7)2-3-8-5/h6-9,15-16,19-20H,1-5,10-14,17-18H2,(H,33,37,41)(H,34,38,42);3-4,7H,2,5-6,8H2,1H3;2-4H,5H2,1H3;2-4H,1H3/t19-,20-;;;/m0.../s1. The lowest BCUT2D eigenvalue weighted by atomic mass is 9.82. The van der Waals surface area contributed by atoms with Gasteiger partial charge in [-0.2, -0.15) is 0 Å². The van der Waals surface area contributed by atoms with Gasteiger partial charge < -0.3 is 34.8 Å². The Morgan fingerprint density at radius 1 is 0.519 bits per heavy atom. The molecule has 1 saturated carbocycles. The van der Waals surface area contributed by atoms with E-state index in [1.165, 1.54) is 56.2 Å². The first-order valence-corrected chi connectivity index (χ1v) is 29.3. The molecule has 4 fully saturated rings. The van der Waals surface area contributed by atoms with Crippen LogP contribution >= 0.6 is 54.5 Å². The van der Waals surface area contributed by atoms with Crippen molar-refractivity contribution in [3.05, 3.63) is 139 Å². The number of carbonyl (C=O) groups excluding carboxylic acids is 4. The molecule has 20 nitrogen and oxygen atoms in total. The number of nitrogens with one attached hydrogen (secondary N) is 2. The van der Waals surface area contributed by atoms with Crippen molar-refractivity contribution in [1.82, 2.24) is 45.3 Å². The molecule has 0 spiro atoms. The molecule has 414 valence electrons. The molecule has 2 N–H and O–H groups in total. The average molecular weight is 1240 g/mol. The fourth-order valence-electron chi connectivity index (χ4n) is 8.69. The second-order valence-electron chi connectivity index (χ2n) is 19.0. The number of esters is 2. The number of rotatable bonds is 15. The minimum Gasteiger partial charge on any atom is -0.469 e. The van der Waals surface area contributed by atoms with Crippen LogP contribution in [0.3, 0.4) is 0 Å². The second-order valence-corrected chi connectivity index (χ2v) is 22.9. The Morgan fingerprint density at radius 2 is 0.899 bits per heavy atom. The van der Waals surface area contributed by atoms with Gasteiger partial charge in [0.15, 0.2) is 0 Å². The molecule has 0 bridgehead atoms. The third kappa shape index (κ3) is 18.1. The maximum Gasteiger partial charge on any atom is 0.311 e. The van der Waals surface area contributed by atoms with Crippen LogP contribution in [-0.4, -0.2) is 123 Å². The van der Waals surface area contributed by atoms with Gasteiger partial charge in [0.2, 0.25) is 22.1 Å². The van der Waals surface area contributed by atoms with Crippen LogP contribution in [0.4, 0.5) is 27.3 Å². The topological polar surface area (TPSA) is 237 Å². The summed E-state index contributed by atoms with van der Waals surface area (Å²) in [6, 6.07) is 19.4. The zero-order valence-electron chi connectivity index (χ0n) is 44.2. The van der Waals surface area contributed by atoms with Crippen molar-refractivity contribution < 1.29 is 28.7 Å². The van der Waals surface area contributed by atoms with E-state index in [1.54, 1.807) is 43.1 Å². The second kappa shape index (κ2) is 29.4. The Kier molecular flexibility index (Phi) is 21.7. The van der Waals surface area contributed by atoms with Crippen LogP contribution in [0.5, 0.6) is 0 Å². The summed E-state index contributed by atoms with van der Waals surface area (Å²) in [5.41, 5.74) is 7.38. The minimum absolute atomic E-state index is 0.148. The van der Waals surface area contributed by atoms with Crippen LogP contribution in [-0.2, 0) is 54.3 Å². The molecule has 3 aliphatic heterocycles. The lowest BCUT2D eigenvalue weighted by molar-refractivity contribution is -0.140. The van der Waals surface area contributed by atoms with Crippen molar-refractivity contribution in [2.75, 3.05) is 78.8 Å². The van der Waals surface area contributed by atoms with Crippen molar-refractivity contribution in [3.63, 3.8) is 0 Å². The fraction of sp³-hybridized carbons (Fsp3) is 0.400. The number of hydrogen-bond acceptors (Lipinski definition) is 20. The van der Waals surface area contributed by atoms with E-state index in [9.17, 15) is 19.2 Å². The number of ether oxygens (including phenoxy) is 2. The van der Waals surface area contributed by atoms with Crippen LogP contribution in [0.15, 0.2) is 101 Å². The van der Waals surface area contributed by atoms with Crippen molar-refractivity contribution in [1.29, 1.82) is 0 Å². The third-order valence-corrected chi connectivity index (χ3v) is 16.2. The highest BCUT2D eigenvalue weighted by Crippen LogP contribution is 2.43. The van der Waals surface area contributed by atoms with E-state index in [2.05, 4.69) is 112 Å². The summed E-state index contributed by atoms with van der Waals surface area (Å²) in [6.45, 7) is 8.36. The molecule has 3 saturated heterocycles. The van der Waals surface area contributed by atoms with Crippen LogP contribution in [0, 0.1) is 6.92 Å². The normalized spacial score (nSPS) is 16.1. The molecule has 7 aromatic rings. The summed E-state index contributed by atoms with van der Waals surface area (Å²) in [7, 11) is 2.75. The van der Waals surface area contributed by atoms with Crippen molar-refractivity contribution >= 4 is 106 Å². The summed E-state index contributed by atoms with van der Waals surface area (Å²) in [6.07, 6.45) is 17.1.